The number of nitrogens with two attached hydrogens (primary N) is 1. The number of ether oxygens (including phenoxy) is 1. The fourth-order valence-electron chi connectivity index (χ4n) is 8.24. The van der Waals surface area contributed by atoms with Crippen molar-refractivity contribution in [2.75, 3.05) is 26.0 Å². The minimum Gasteiger partial charge on any atom is -0.508 e. The predicted molar refractivity (Wildman–Crippen MR) is 189 cm³/mol. The number of hydrogen-bond donors (Lipinski definition) is 7. The minimum atomic E-state index is -2.75. The molecule has 8 N–H and O–H groups in total. The Morgan fingerprint density at radius 1 is 1.00 bits per heavy atom. The van der Waals surface area contributed by atoms with E-state index in [0.29, 0.717) is 11.3 Å². The van der Waals surface area contributed by atoms with Gasteiger partial charge in [0.25, 0.3) is 5.91 Å². The van der Waals surface area contributed by atoms with Gasteiger partial charge in [0.2, 0.25) is 5.78 Å². The molecule has 0 radical (unpaired) electrons. The van der Waals surface area contributed by atoms with E-state index >= 15 is 0 Å². The zero-order valence-corrected chi connectivity index (χ0v) is 28.3. The number of thiocarbonyl (C=S) groups is 1. The second kappa shape index (κ2) is 12.3. The van der Waals surface area contributed by atoms with E-state index in [0.717, 1.165) is 22.3 Å². The van der Waals surface area contributed by atoms with Crippen LogP contribution in [0, 0.1) is 11.8 Å². The average Bonchev–Trinajstić information content (AvgIpc) is 3.40. The molecule has 2 amide bonds. The lowest BCUT2D eigenvalue weighted by atomic mass is 9.57. The number of aliphatic hydroxyl groups excluding tert-OH is 2. The topological polar surface area (TPSA) is 212 Å². The summed E-state index contributed by atoms with van der Waals surface area (Å²) in [7, 11) is 3.05. The van der Waals surface area contributed by atoms with Crippen LogP contribution >= 0.6 is 12.2 Å². The van der Waals surface area contributed by atoms with Gasteiger partial charge < -0.3 is 36.2 Å². The summed E-state index contributed by atoms with van der Waals surface area (Å²) in [5.41, 5.74) is 6.24. The summed E-state index contributed by atoms with van der Waals surface area (Å²) in [5.74, 6) is -7.66. The molecular formula is C37H34N4O9S. The Hall–Kier alpha value is -5.57. The molecule has 2 unspecified atom stereocenters. The second-order valence-corrected chi connectivity index (χ2v) is 13.8. The molecule has 0 bridgehead atoms. The molecule has 51 heavy (non-hydrogen) atoms. The van der Waals surface area contributed by atoms with E-state index in [1.165, 1.54) is 31.1 Å². The van der Waals surface area contributed by atoms with Crippen molar-refractivity contribution < 1.29 is 44.3 Å². The van der Waals surface area contributed by atoms with Gasteiger partial charge in [0, 0.05) is 23.1 Å². The van der Waals surface area contributed by atoms with E-state index < -0.39 is 64.1 Å². The number of phenolic OH excluding ortho intramolecular Hbond substituents is 1. The quantitative estimate of drug-likeness (QED) is 0.116. The highest BCUT2D eigenvalue weighted by Gasteiger charge is 2.64. The number of ketones is 2. The molecule has 7 rings (SSSR count). The summed E-state index contributed by atoms with van der Waals surface area (Å²) in [6.07, 6.45) is -0.855. The van der Waals surface area contributed by atoms with Crippen LogP contribution in [0.4, 0.5) is 10.5 Å². The van der Waals surface area contributed by atoms with Crippen LogP contribution in [0.25, 0.3) is 16.9 Å². The van der Waals surface area contributed by atoms with Gasteiger partial charge in [-0.25, -0.2) is 4.79 Å². The third-order valence-corrected chi connectivity index (χ3v) is 10.6. The SMILES string of the molecule is CN(C)[C@H]1C(=O)C(C(N)=O)=C(O)[C@@]2(O)C(=O)C3=C(O)c4c(O)ccc(NC(=S)NC(=O)OCC5c6ccccc6-c6ccccc65)c4CC3CC12. The van der Waals surface area contributed by atoms with E-state index in [-0.39, 0.29) is 47.4 Å². The molecule has 3 aromatic rings. The maximum absolute atomic E-state index is 14.1. The Morgan fingerprint density at radius 2 is 1.63 bits per heavy atom. The van der Waals surface area contributed by atoms with Crippen molar-refractivity contribution in [2.45, 2.75) is 30.4 Å². The Balaban J connectivity index is 1.13. The van der Waals surface area contributed by atoms with E-state index in [1.54, 1.807) is 0 Å². The lowest BCUT2D eigenvalue weighted by molar-refractivity contribution is -0.153. The van der Waals surface area contributed by atoms with E-state index in [4.69, 9.17) is 22.7 Å². The summed E-state index contributed by atoms with van der Waals surface area (Å²) in [4.78, 5) is 53.9. The molecule has 3 aromatic carbocycles. The monoisotopic (exact) mass is 710 g/mol. The van der Waals surface area contributed by atoms with Crippen LogP contribution in [0.2, 0.25) is 0 Å². The van der Waals surface area contributed by atoms with E-state index in [9.17, 15) is 39.6 Å². The van der Waals surface area contributed by atoms with Gasteiger partial charge in [0.1, 0.15) is 29.4 Å². The number of carbonyl (C=O) groups excluding carboxylic acids is 4. The number of aromatic hydroxyl groups is 1. The first-order chi connectivity index (χ1) is 24.2. The van der Waals surface area contributed by atoms with Gasteiger partial charge in [0.15, 0.2) is 16.5 Å². The number of hydrogen-bond acceptors (Lipinski definition) is 11. The molecule has 0 saturated heterocycles. The molecule has 14 heteroatoms. The van der Waals surface area contributed by atoms with Crippen molar-refractivity contribution >= 4 is 52.3 Å². The summed E-state index contributed by atoms with van der Waals surface area (Å²) in [6, 6.07) is 17.4. The Bertz CT molecular complexity index is 2100. The lowest BCUT2D eigenvalue weighted by Gasteiger charge is -2.50. The molecule has 262 valence electrons. The zero-order valence-electron chi connectivity index (χ0n) is 27.5. The fraction of sp³-hybridized carbons (Fsp3) is 0.270. The summed E-state index contributed by atoms with van der Waals surface area (Å²) >= 11 is 5.42. The zero-order chi connectivity index (χ0) is 36.5. The van der Waals surface area contributed by atoms with Crippen LogP contribution in [0.5, 0.6) is 5.75 Å². The molecule has 4 aliphatic rings. The highest BCUT2D eigenvalue weighted by atomic mass is 32.1. The minimum absolute atomic E-state index is 0.0266. The van der Waals surface area contributed by atoms with Crippen molar-refractivity contribution in [1.82, 2.24) is 10.2 Å². The van der Waals surface area contributed by atoms with E-state index in [1.807, 2.05) is 48.5 Å². The van der Waals surface area contributed by atoms with Crippen LogP contribution < -0.4 is 16.4 Å². The highest BCUT2D eigenvalue weighted by molar-refractivity contribution is 7.80. The maximum atomic E-state index is 14.1. The number of benzene rings is 3. The Morgan fingerprint density at radius 3 is 2.24 bits per heavy atom. The number of anilines is 1. The standard InChI is InChI=1S/C37H34N4O9S/c1-41(2)29-23-14-16-13-21-24(11-12-25(42)27(21)30(43)26(16)32(45)37(23,49)33(46)28(31(29)44)34(38)47)39-35(51)40-36(48)50-15-22-19-9-5-3-7-17(19)18-8-4-6-10-20(18)22/h3-12,16,22-23,29,42-43,46,49H,13-15H2,1-2H3,(H2,38,47)(H2,39,40,48,51)/t16?,23?,29-,37+/m1/s1. The average molecular weight is 711 g/mol. The molecule has 4 aliphatic carbocycles. The number of amides is 2. The van der Waals surface area contributed by atoms with Gasteiger partial charge in [-0.3, -0.25) is 24.6 Å². The number of rotatable bonds is 5. The molecule has 0 aromatic heterocycles. The first-order valence-corrected chi connectivity index (χ1v) is 16.6. The number of alkyl carbamates (subject to hydrolysis) is 1. The van der Waals surface area contributed by atoms with Gasteiger partial charge in [-0.15, -0.1) is 0 Å². The van der Waals surface area contributed by atoms with Crippen molar-refractivity contribution in [3.63, 3.8) is 0 Å². The van der Waals surface area contributed by atoms with Crippen LogP contribution in [-0.4, -0.2) is 86.4 Å². The highest BCUT2D eigenvalue weighted by Crippen LogP contribution is 2.53. The number of Topliss-reactive ketones (excluding diaryl/α,β-unsaturated/α-hetero) is 2. The van der Waals surface area contributed by atoms with Gasteiger partial charge >= 0.3 is 6.09 Å². The number of carbonyl (C=O) groups is 4. The van der Waals surface area contributed by atoms with Gasteiger partial charge in [-0.05, 0) is 85.0 Å². The number of aliphatic hydroxyl groups is 3. The fourth-order valence-corrected chi connectivity index (χ4v) is 8.44. The number of likely N-dealkylation sites (N-methyl/N-ethyl adjacent to an activating group) is 1. The lowest BCUT2D eigenvalue weighted by Crippen LogP contribution is -2.65. The maximum Gasteiger partial charge on any atom is 0.413 e. The van der Waals surface area contributed by atoms with Crippen LogP contribution in [0.1, 0.15) is 34.6 Å². The van der Waals surface area contributed by atoms with Crippen molar-refractivity contribution in [1.29, 1.82) is 0 Å². The number of fused-ring (bicyclic) bond motifs is 6. The summed E-state index contributed by atoms with van der Waals surface area (Å²) < 4.78 is 5.60. The number of primary amides is 1. The van der Waals surface area contributed by atoms with Gasteiger partial charge in [-0.2, -0.15) is 0 Å². The van der Waals surface area contributed by atoms with Crippen LogP contribution in [-0.2, 0) is 25.5 Å². The largest absolute Gasteiger partial charge is 0.508 e. The van der Waals surface area contributed by atoms with Crippen LogP contribution in [0.15, 0.2) is 77.6 Å². The third-order valence-electron chi connectivity index (χ3n) is 10.4. The smallest absolute Gasteiger partial charge is 0.413 e. The van der Waals surface area contributed by atoms with Crippen molar-refractivity contribution in [2.24, 2.45) is 17.6 Å². The number of nitrogens with one attached hydrogen (secondary N) is 2. The Labute approximate surface area is 297 Å². The molecule has 13 nitrogen and oxygen atoms in total. The molecule has 0 heterocycles. The molecule has 0 spiro atoms. The molecule has 1 fully saturated rings. The first-order valence-electron chi connectivity index (χ1n) is 16.2. The normalized spacial score (nSPS) is 23.6. The van der Waals surface area contributed by atoms with Crippen molar-refractivity contribution in [3.8, 4) is 16.9 Å². The number of phenols is 1. The molecular weight excluding hydrogens is 676 g/mol. The van der Waals surface area contributed by atoms with E-state index in [2.05, 4.69) is 10.6 Å². The summed E-state index contributed by atoms with van der Waals surface area (Å²) in [6.45, 7) is 0.0594. The molecule has 0 aliphatic heterocycles. The van der Waals surface area contributed by atoms with Gasteiger partial charge in [0.05, 0.1) is 11.6 Å². The third kappa shape index (κ3) is 5.17. The molecule has 1 saturated carbocycles. The molecule has 4 atom stereocenters. The predicted octanol–water partition coefficient (Wildman–Crippen LogP) is 3.20. The number of nitrogens with zero attached hydrogens (tertiary/aromatic N) is 1. The van der Waals surface area contributed by atoms with Gasteiger partial charge in [-0.1, -0.05) is 48.5 Å². The first kappa shape index (κ1) is 33.9. The summed E-state index contributed by atoms with van der Waals surface area (Å²) in [5, 5.41) is 50.4. The van der Waals surface area contributed by atoms with Crippen LogP contribution in [0.3, 0.4) is 0 Å². The Kier molecular flexibility index (Phi) is 8.20. The second-order valence-electron chi connectivity index (χ2n) is 13.4. The van der Waals surface area contributed by atoms with Crippen molar-refractivity contribution in [3.05, 3.63) is 99.8 Å².